The molecule has 2 aromatic rings. The van der Waals surface area contributed by atoms with Gasteiger partial charge in [0.25, 0.3) is 5.95 Å². The SMILES string of the molecule is COc1c(Br)cc(Br)cc1C=NNc1nncn1N. The van der Waals surface area contributed by atoms with Crippen LogP contribution in [0.3, 0.4) is 0 Å². The molecule has 0 aliphatic carbocycles. The van der Waals surface area contributed by atoms with Crippen LogP contribution in [0.1, 0.15) is 5.56 Å². The quantitative estimate of drug-likeness (QED) is 0.474. The van der Waals surface area contributed by atoms with Gasteiger partial charge in [-0.3, -0.25) is 0 Å². The maximum atomic E-state index is 5.54. The van der Waals surface area contributed by atoms with Crippen LogP contribution in [0.25, 0.3) is 0 Å². The number of methoxy groups -OCH3 is 1. The van der Waals surface area contributed by atoms with Gasteiger partial charge in [-0.25, -0.2) is 10.1 Å². The predicted octanol–water partition coefficient (Wildman–Crippen LogP) is 1.97. The van der Waals surface area contributed by atoms with Gasteiger partial charge in [0.15, 0.2) is 0 Å². The molecule has 100 valence electrons. The van der Waals surface area contributed by atoms with Crippen molar-refractivity contribution in [3.8, 4) is 5.75 Å². The standard InChI is InChI=1S/C10H10Br2N6O/c1-19-9-6(2-7(11)3-8(9)12)4-14-16-10-17-15-5-18(10)13/h2-5H,13H2,1H3,(H,16,17). The molecule has 0 unspecified atom stereocenters. The molecule has 9 heteroatoms. The summed E-state index contributed by atoms with van der Waals surface area (Å²) in [4.78, 5) is 0. The number of hydrazone groups is 1. The van der Waals surface area contributed by atoms with E-state index in [2.05, 4.69) is 52.6 Å². The fraction of sp³-hybridized carbons (Fsp3) is 0.100. The number of hydrogen-bond donors (Lipinski definition) is 2. The average molecular weight is 390 g/mol. The number of ether oxygens (including phenoxy) is 1. The van der Waals surface area contributed by atoms with Gasteiger partial charge < -0.3 is 10.6 Å². The first-order chi connectivity index (χ1) is 9.11. The molecular formula is C10H10Br2N6O. The van der Waals surface area contributed by atoms with Crippen LogP contribution < -0.4 is 16.0 Å². The van der Waals surface area contributed by atoms with Gasteiger partial charge in [-0.15, -0.1) is 10.2 Å². The molecule has 7 nitrogen and oxygen atoms in total. The van der Waals surface area contributed by atoms with Crippen molar-refractivity contribution in [2.45, 2.75) is 0 Å². The van der Waals surface area contributed by atoms with E-state index >= 15 is 0 Å². The highest BCUT2D eigenvalue weighted by atomic mass is 79.9. The molecule has 0 bridgehead atoms. The zero-order valence-corrected chi connectivity index (χ0v) is 13.0. The van der Waals surface area contributed by atoms with Crippen LogP contribution in [0, 0.1) is 0 Å². The molecule has 3 N–H and O–H groups in total. The molecule has 1 aromatic carbocycles. The van der Waals surface area contributed by atoms with Crippen LogP contribution in [-0.2, 0) is 0 Å². The Morgan fingerprint density at radius 1 is 1.47 bits per heavy atom. The van der Waals surface area contributed by atoms with E-state index in [9.17, 15) is 0 Å². The predicted molar refractivity (Wildman–Crippen MR) is 79.8 cm³/mol. The highest BCUT2D eigenvalue weighted by Crippen LogP contribution is 2.31. The molecule has 0 fully saturated rings. The molecule has 0 atom stereocenters. The Bertz CT molecular complexity index is 612. The van der Waals surface area contributed by atoms with Gasteiger partial charge in [-0.1, -0.05) is 15.9 Å². The minimum Gasteiger partial charge on any atom is -0.495 e. The molecule has 19 heavy (non-hydrogen) atoms. The summed E-state index contributed by atoms with van der Waals surface area (Å²) in [7, 11) is 1.59. The molecule has 0 aliphatic rings. The van der Waals surface area contributed by atoms with Crippen LogP contribution in [0.4, 0.5) is 5.95 Å². The normalized spacial score (nSPS) is 10.9. The molecule has 0 amide bonds. The summed E-state index contributed by atoms with van der Waals surface area (Å²) in [5.41, 5.74) is 3.47. The first kappa shape index (κ1) is 13.8. The number of benzene rings is 1. The fourth-order valence-electron chi connectivity index (χ4n) is 1.37. The van der Waals surface area contributed by atoms with Crippen molar-refractivity contribution in [3.63, 3.8) is 0 Å². The zero-order valence-electron chi connectivity index (χ0n) is 9.84. The number of nitrogen functional groups attached to an aromatic ring is 1. The number of rotatable bonds is 4. The Kier molecular flexibility index (Phi) is 4.38. The van der Waals surface area contributed by atoms with E-state index in [0.717, 1.165) is 14.5 Å². The van der Waals surface area contributed by atoms with Gasteiger partial charge in [-0.05, 0) is 28.1 Å². The number of hydrogen-bond acceptors (Lipinski definition) is 6. The molecule has 2 rings (SSSR count). The Balaban J connectivity index is 2.21. The van der Waals surface area contributed by atoms with Crippen molar-refractivity contribution < 1.29 is 4.74 Å². The summed E-state index contributed by atoms with van der Waals surface area (Å²) in [6.07, 6.45) is 2.97. The molecule has 0 radical (unpaired) electrons. The maximum absolute atomic E-state index is 5.54. The summed E-state index contributed by atoms with van der Waals surface area (Å²) in [6.45, 7) is 0. The number of nitrogens with one attached hydrogen (secondary N) is 1. The number of nitrogens with zero attached hydrogens (tertiary/aromatic N) is 4. The number of aromatic nitrogens is 3. The second-order valence-corrected chi connectivity index (χ2v) is 5.21. The van der Waals surface area contributed by atoms with Gasteiger partial charge in [0.1, 0.15) is 12.1 Å². The minimum atomic E-state index is 0.337. The van der Waals surface area contributed by atoms with E-state index in [1.807, 2.05) is 12.1 Å². The van der Waals surface area contributed by atoms with E-state index in [-0.39, 0.29) is 0 Å². The molecule has 1 aromatic heterocycles. The first-order valence-electron chi connectivity index (χ1n) is 5.09. The smallest absolute Gasteiger partial charge is 0.263 e. The van der Waals surface area contributed by atoms with E-state index < -0.39 is 0 Å². The Hall–Kier alpha value is -1.61. The topological polar surface area (TPSA) is 90.3 Å². The monoisotopic (exact) mass is 388 g/mol. The lowest BCUT2D eigenvalue weighted by molar-refractivity contribution is 0.411. The summed E-state index contributed by atoms with van der Waals surface area (Å²) < 4.78 is 8.26. The van der Waals surface area contributed by atoms with E-state index in [4.69, 9.17) is 10.6 Å². The second-order valence-electron chi connectivity index (χ2n) is 3.44. The molecular weight excluding hydrogens is 380 g/mol. The van der Waals surface area contributed by atoms with Crippen molar-refractivity contribution in [3.05, 3.63) is 33.0 Å². The van der Waals surface area contributed by atoms with Crippen molar-refractivity contribution >= 4 is 44.0 Å². The molecule has 0 aliphatic heterocycles. The zero-order chi connectivity index (χ0) is 13.8. The van der Waals surface area contributed by atoms with E-state index in [0.29, 0.717) is 11.7 Å². The number of nitrogens with two attached hydrogens (primary N) is 1. The van der Waals surface area contributed by atoms with Gasteiger partial charge in [0.05, 0.1) is 17.8 Å². The van der Waals surface area contributed by atoms with Crippen LogP contribution in [0.15, 0.2) is 32.5 Å². The Labute approximate surface area is 126 Å². The lowest BCUT2D eigenvalue weighted by atomic mass is 10.2. The lowest BCUT2D eigenvalue weighted by Crippen LogP contribution is -2.10. The Morgan fingerprint density at radius 3 is 2.89 bits per heavy atom. The molecule has 0 saturated heterocycles. The van der Waals surface area contributed by atoms with Crippen molar-refractivity contribution in [1.82, 2.24) is 14.9 Å². The highest BCUT2D eigenvalue weighted by Gasteiger charge is 2.07. The van der Waals surface area contributed by atoms with Gasteiger partial charge in [0, 0.05) is 10.0 Å². The largest absolute Gasteiger partial charge is 0.495 e. The first-order valence-corrected chi connectivity index (χ1v) is 6.67. The third-order valence-corrected chi connectivity index (χ3v) is 3.23. The molecule has 0 saturated carbocycles. The van der Waals surface area contributed by atoms with Crippen LogP contribution in [-0.4, -0.2) is 28.2 Å². The van der Waals surface area contributed by atoms with E-state index in [1.165, 1.54) is 11.0 Å². The van der Waals surface area contributed by atoms with Crippen molar-refractivity contribution in [1.29, 1.82) is 0 Å². The Morgan fingerprint density at radius 2 is 2.26 bits per heavy atom. The van der Waals surface area contributed by atoms with Gasteiger partial charge >= 0.3 is 0 Å². The summed E-state index contributed by atoms with van der Waals surface area (Å²) >= 11 is 6.82. The number of halogens is 2. The summed E-state index contributed by atoms with van der Waals surface area (Å²) in [5.74, 6) is 6.56. The molecule has 0 spiro atoms. The molecule has 1 heterocycles. The summed E-state index contributed by atoms with van der Waals surface area (Å²) in [5, 5.41) is 11.4. The van der Waals surface area contributed by atoms with Crippen LogP contribution in [0.5, 0.6) is 5.75 Å². The third-order valence-electron chi connectivity index (χ3n) is 2.18. The second kappa shape index (κ2) is 6.02. The minimum absolute atomic E-state index is 0.337. The van der Waals surface area contributed by atoms with Gasteiger partial charge in [0.2, 0.25) is 0 Å². The van der Waals surface area contributed by atoms with E-state index in [1.54, 1.807) is 13.3 Å². The fourth-order valence-corrected chi connectivity index (χ4v) is 2.79. The summed E-state index contributed by atoms with van der Waals surface area (Å²) in [6, 6.07) is 3.77. The van der Waals surface area contributed by atoms with Crippen molar-refractivity contribution in [2.75, 3.05) is 18.4 Å². The van der Waals surface area contributed by atoms with Crippen LogP contribution in [0.2, 0.25) is 0 Å². The third kappa shape index (κ3) is 3.24. The highest BCUT2D eigenvalue weighted by molar-refractivity contribution is 9.11. The number of anilines is 1. The van der Waals surface area contributed by atoms with Crippen molar-refractivity contribution in [2.24, 2.45) is 5.10 Å². The lowest BCUT2D eigenvalue weighted by Gasteiger charge is -2.07. The maximum Gasteiger partial charge on any atom is 0.263 e. The van der Waals surface area contributed by atoms with Gasteiger partial charge in [-0.2, -0.15) is 5.10 Å². The average Bonchev–Trinajstić information content (AvgIpc) is 2.75. The van der Waals surface area contributed by atoms with Crippen LogP contribution >= 0.6 is 31.9 Å².